The maximum absolute atomic E-state index is 10.6. The molecular weight excluding hydrogens is 282 g/mol. The zero-order valence-corrected chi connectivity index (χ0v) is 11.2. The lowest BCUT2D eigenvalue weighted by Gasteiger charge is -1.97. The molecule has 17 heavy (non-hydrogen) atoms. The number of carbonyl (C=O) groups is 1. The van der Waals surface area contributed by atoms with E-state index in [0.29, 0.717) is 0 Å². The number of aliphatic carboxylic acids is 1. The fourth-order valence-corrected chi connectivity index (χ4v) is 2.30. The van der Waals surface area contributed by atoms with Crippen LogP contribution in [-0.2, 0) is 11.8 Å². The molecule has 0 unspecified atom stereocenters. The third kappa shape index (κ3) is 2.13. The first-order valence-electron chi connectivity index (χ1n) is 5.16. The summed E-state index contributed by atoms with van der Waals surface area (Å²) in [5, 5.41) is 9.75. The van der Waals surface area contributed by atoms with Gasteiger partial charge in [0.25, 0.3) is 0 Å². The number of aryl methyl sites for hydroxylation is 1. The van der Waals surface area contributed by atoms with Crippen LogP contribution in [0.1, 0.15) is 11.3 Å². The minimum Gasteiger partial charge on any atom is -0.478 e. The minimum absolute atomic E-state index is 0.934. The fourth-order valence-electron chi connectivity index (χ4n) is 1.94. The number of carboxylic acids is 1. The standard InChI is InChI=1S/C13H12BrNO2/c1-8-10(4-6-13(16)17)11-7-9(14)3-5-12(11)15(8)2/h3-7H,1-2H3,(H,16,17)/b6-4+. The van der Waals surface area contributed by atoms with Gasteiger partial charge in [0.2, 0.25) is 0 Å². The van der Waals surface area contributed by atoms with Crippen molar-refractivity contribution < 1.29 is 9.90 Å². The summed E-state index contributed by atoms with van der Waals surface area (Å²) in [7, 11) is 1.98. The van der Waals surface area contributed by atoms with Crippen LogP contribution in [0, 0.1) is 6.92 Å². The molecule has 1 aromatic heterocycles. The van der Waals surface area contributed by atoms with Gasteiger partial charge in [-0.25, -0.2) is 4.79 Å². The summed E-state index contributed by atoms with van der Waals surface area (Å²) in [5.41, 5.74) is 3.09. The van der Waals surface area contributed by atoms with Crippen LogP contribution in [0.15, 0.2) is 28.7 Å². The van der Waals surface area contributed by atoms with Crippen LogP contribution in [0.4, 0.5) is 0 Å². The van der Waals surface area contributed by atoms with Crippen LogP contribution < -0.4 is 0 Å². The monoisotopic (exact) mass is 293 g/mol. The molecule has 0 saturated carbocycles. The summed E-state index contributed by atoms with van der Waals surface area (Å²) in [4.78, 5) is 10.6. The van der Waals surface area contributed by atoms with Crippen LogP contribution >= 0.6 is 15.9 Å². The summed E-state index contributed by atoms with van der Waals surface area (Å²) >= 11 is 3.43. The molecular formula is C13H12BrNO2. The Labute approximate surface area is 107 Å². The summed E-state index contributed by atoms with van der Waals surface area (Å²) < 4.78 is 3.05. The van der Waals surface area contributed by atoms with Gasteiger partial charge in [-0.3, -0.25) is 0 Å². The van der Waals surface area contributed by atoms with Crippen LogP contribution in [0.3, 0.4) is 0 Å². The van der Waals surface area contributed by atoms with E-state index in [1.54, 1.807) is 6.08 Å². The summed E-state index contributed by atoms with van der Waals surface area (Å²) in [6, 6.07) is 6.00. The van der Waals surface area contributed by atoms with Crippen molar-refractivity contribution in [1.82, 2.24) is 4.57 Å². The molecule has 1 heterocycles. The molecule has 3 nitrogen and oxygen atoms in total. The van der Waals surface area contributed by atoms with Crippen molar-refractivity contribution in [3.8, 4) is 0 Å². The van der Waals surface area contributed by atoms with Gasteiger partial charge >= 0.3 is 5.97 Å². The predicted octanol–water partition coefficient (Wildman–Crippen LogP) is 3.35. The van der Waals surface area contributed by atoms with Gasteiger partial charge in [-0.05, 0) is 31.2 Å². The van der Waals surface area contributed by atoms with Crippen LogP contribution in [-0.4, -0.2) is 15.6 Å². The second-order valence-corrected chi connectivity index (χ2v) is 4.81. The van der Waals surface area contributed by atoms with E-state index in [9.17, 15) is 4.79 Å². The fraction of sp³-hybridized carbons (Fsp3) is 0.154. The molecule has 1 N–H and O–H groups in total. The Morgan fingerprint density at radius 3 is 2.82 bits per heavy atom. The maximum atomic E-state index is 10.6. The number of hydrogen-bond donors (Lipinski definition) is 1. The van der Waals surface area contributed by atoms with E-state index in [2.05, 4.69) is 20.5 Å². The molecule has 0 spiro atoms. The van der Waals surface area contributed by atoms with E-state index in [1.165, 1.54) is 6.08 Å². The third-order valence-electron chi connectivity index (χ3n) is 2.90. The number of rotatable bonds is 2. The summed E-state index contributed by atoms with van der Waals surface area (Å²) in [5.74, 6) is -0.934. The molecule has 0 atom stereocenters. The Morgan fingerprint density at radius 1 is 1.47 bits per heavy atom. The van der Waals surface area contributed by atoms with Gasteiger partial charge in [-0.15, -0.1) is 0 Å². The highest BCUT2D eigenvalue weighted by Gasteiger charge is 2.09. The smallest absolute Gasteiger partial charge is 0.328 e. The number of aromatic nitrogens is 1. The molecule has 4 heteroatoms. The number of fused-ring (bicyclic) bond motifs is 1. The van der Waals surface area contributed by atoms with Gasteiger partial charge in [-0.1, -0.05) is 15.9 Å². The molecule has 0 fully saturated rings. The largest absolute Gasteiger partial charge is 0.478 e. The lowest BCUT2D eigenvalue weighted by Crippen LogP contribution is -1.90. The lowest BCUT2D eigenvalue weighted by molar-refractivity contribution is -0.131. The molecule has 2 rings (SSSR count). The summed E-state index contributed by atoms with van der Waals surface area (Å²) in [6.45, 7) is 1.98. The third-order valence-corrected chi connectivity index (χ3v) is 3.39. The van der Waals surface area contributed by atoms with Crippen molar-refractivity contribution in [3.05, 3.63) is 40.0 Å². The normalized spacial score (nSPS) is 11.5. The minimum atomic E-state index is -0.934. The van der Waals surface area contributed by atoms with Crippen molar-refractivity contribution >= 4 is 38.9 Å². The Kier molecular flexibility index (Phi) is 3.07. The number of benzene rings is 1. The molecule has 1 aromatic carbocycles. The van der Waals surface area contributed by atoms with Crippen LogP contribution in [0.25, 0.3) is 17.0 Å². The molecule has 0 aliphatic rings. The van der Waals surface area contributed by atoms with Crippen LogP contribution in [0.5, 0.6) is 0 Å². The SMILES string of the molecule is Cc1c(/C=C/C(=O)O)c2cc(Br)ccc2n1C. The first-order chi connectivity index (χ1) is 8.00. The van der Waals surface area contributed by atoms with Gasteiger partial charge in [0.1, 0.15) is 0 Å². The molecule has 88 valence electrons. The van der Waals surface area contributed by atoms with E-state index < -0.39 is 5.97 Å². The Hall–Kier alpha value is -1.55. The molecule has 0 aliphatic heterocycles. The summed E-state index contributed by atoms with van der Waals surface area (Å²) in [6.07, 6.45) is 2.81. The van der Waals surface area contributed by atoms with Crippen molar-refractivity contribution in [2.45, 2.75) is 6.92 Å². The van der Waals surface area contributed by atoms with Gasteiger partial charge in [0, 0.05) is 39.8 Å². The maximum Gasteiger partial charge on any atom is 0.328 e. The van der Waals surface area contributed by atoms with E-state index in [4.69, 9.17) is 5.11 Å². The highest BCUT2D eigenvalue weighted by molar-refractivity contribution is 9.10. The highest BCUT2D eigenvalue weighted by atomic mass is 79.9. The second-order valence-electron chi connectivity index (χ2n) is 3.89. The predicted molar refractivity (Wildman–Crippen MR) is 72.0 cm³/mol. The first kappa shape index (κ1) is 11.9. The average Bonchev–Trinajstić information content (AvgIpc) is 2.49. The van der Waals surface area contributed by atoms with Crippen molar-refractivity contribution in [1.29, 1.82) is 0 Å². The Morgan fingerprint density at radius 2 is 2.18 bits per heavy atom. The molecule has 0 amide bonds. The second kappa shape index (κ2) is 4.37. The molecule has 0 saturated heterocycles. The van der Waals surface area contributed by atoms with Crippen molar-refractivity contribution in [2.24, 2.45) is 7.05 Å². The van der Waals surface area contributed by atoms with E-state index in [0.717, 1.165) is 26.6 Å². The molecule has 0 radical (unpaired) electrons. The quantitative estimate of drug-likeness (QED) is 0.863. The Balaban J connectivity index is 2.72. The van der Waals surface area contributed by atoms with Gasteiger partial charge in [0.15, 0.2) is 0 Å². The highest BCUT2D eigenvalue weighted by Crippen LogP contribution is 2.28. The van der Waals surface area contributed by atoms with Gasteiger partial charge in [0.05, 0.1) is 0 Å². The van der Waals surface area contributed by atoms with Crippen LogP contribution in [0.2, 0.25) is 0 Å². The molecule has 2 aromatic rings. The van der Waals surface area contributed by atoms with Crippen molar-refractivity contribution in [3.63, 3.8) is 0 Å². The number of nitrogens with zero attached hydrogens (tertiary/aromatic N) is 1. The number of hydrogen-bond acceptors (Lipinski definition) is 1. The number of carboxylic acid groups (broad SMARTS) is 1. The van der Waals surface area contributed by atoms with Gasteiger partial charge in [-0.2, -0.15) is 0 Å². The Bertz CT molecular complexity index is 626. The average molecular weight is 294 g/mol. The zero-order valence-electron chi connectivity index (χ0n) is 9.57. The van der Waals surface area contributed by atoms with E-state index >= 15 is 0 Å². The lowest BCUT2D eigenvalue weighted by atomic mass is 10.1. The molecule has 0 aliphatic carbocycles. The topological polar surface area (TPSA) is 42.2 Å². The first-order valence-corrected chi connectivity index (χ1v) is 5.95. The van der Waals surface area contributed by atoms with E-state index in [-0.39, 0.29) is 0 Å². The van der Waals surface area contributed by atoms with E-state index in [1.807, 2.05) is 32.2 Å². The molecule has 0 bridgehead atoms. The van der Waals surface area contributed by atoms with Crippen molar-refractivity contribution in [2.75, 3.05) is 0 Å². The van der Waals surface area contributed by atoms with Gasteiger partial charge < -0.3 is 9.67 Å². The number of halogens is 1. The zero-order chi connectivity index (χ0) is 12.6.